The summed E-state index contributed by atoms with van der Waals surface area (Å²) in [5.41, 5.74) is 0. The van der Waals surface area contributed by atoms with Gasteiger partial charge < -0.3 is 15.0 Å². The largest absolute Gasteiger partial charge is 0.380 e. The maximum Gasteiger partial charge on any atom is 0.169 e. The van der Waals surface area contributed by atoms with Crippen LogP contribution >= 0.6 is 12.2 Å². The molecule has 0 spiro atoms. The van der Waals surface area contributed by atoms with Crippen molar-refractivity contribution in [1.29, 1.82) is 0 Å². The third-order valence-corrected chi connectivity index (χ3v) is 2.69. The van der Waals surface area contributed by atoms with Crippen LogP contribution in [0.1, 0.15) is 19.8 Å². The maximum absolute atomic E-state index is 5.27. The monoisotopic (exact) mass is 202 g/mol. The topological polar surface area (TPSA) is 24.5 Å². The average molecular weight is 202 g/mol. The first kappa shape index (κ1) is 10.7. The van der Waals surface area contributed by atoms with Crippen molar-refractivity contribution in [2.75, 3.05) is 26.7 Å². The van der Waals surface area contributed by atoms with Gasteiger partial charge in [-0.05, 0) is 25.1 Å². The highest BCUT2D eigenvalue weighted by Crippen LogP contribution is 2.11. The van der Waals surface area contributed by atoms with E-state index in [9.17, 15) is 0 Å². The summed E-state index contributed by atoms with van der Waals surface area (Å²) in [6, 6.07) is 0. The molecular formula is C9H18N2OS. The number of hydrogen-bond acceptors (Lipinski definition) is 2. The van der Waals surface area contributed by atoms with E-state index < -0.39 is 0 Å². The molecule has 1 N–H and O–H groups in total. The zero-order valence-electron chi connectivity index (χ0n) is 8.38. The molecule has 0 aromatic heterocycles. The Morgan fingerprint density at radius 2 is 2.46 bits per heavy atom. The number of ether oxygens (including phenoxy) is 1. The second-order valence-electron chi connectivity index (χ2n) is 3.32. The molecule has 1 saturated heterocycles. The molecule has 1 unspecified atom stereocenters. The predicted octanol–water partition coefficient (Wildman–Crippen LogP) is 0.992. The van der Waals surface area contributed by atoms with Crippen LogP contribution in [0.3, 0.4) is 0 Å². The Morgan fingerprint density at radius 3 is 3.00 bits per heavy atom. The predicted molar refractivity (Wildman–Crippen MR) is 57.9 cm³/mol. The van der Waals surface area contributed by atoms with E-state index in [2.05, 4.69) is 17.1 Å². The van der Waals surface area contributed by atoms with E-state index in [1.165, 1.54) is 0 Å². The lowest BCUT2D eigenvalue weighted by Gasteiger charge is -2.19. The molecule has 0 aliphatic carbocycles. The Morgan fingerprint density at radius 1 is 1.69 bits per heavy atom. The van der Waals surface area contributed by atoms with E-state index in [4.69, 9.17) is 17.0 Å². The Kier molecular flexibility index (Phi) is 4.45. The molecule has 76 valence electrons. The van der Waals surface area contributed by atoms with Crippen LogP contribution in [0.2, 0.25) is 0 Å². The third kappa shape index (κ3) is 3.12. The van der Waals surface area contributed by atoms with Gasteiger partial charge >= 0.3 is 0 Å². The normalized spacial score (nSPS) is 22.0. The Balaban J connectivity index is 2.25. The molecule has 0 radical (unpaired) electrons. The number of nitrogens with zero attached hydrogens (tertiary/aromatic N) is 1. The highest BCUT2D eigenvalue weighted by Gasteiger charge is 2.23. The van der Waals surface area contributed by atoms with Crippen LogP contribution in [0.15, 0.2) is 0 Å². The summed E-state index contributed by atoms with van der Waals surface area (Å²) in [6.07, 6.45) is 2.56. The minimum atomic E-state index is 0.362. The number of rotatable bonds is 3. The molecule has 0 aromatic rings. The minimum absolute atomic E-state index is 0.362. The molecule has 1 heterocycles. The van der Waals surface area contributed by atoms with Gasteiger partial charge in [0.25, 0.3) is 0 Å². The van der Waals surface area contributed by atoms with Crippen molar-refractivity contribution in [3.05, 3.63) is 0 Å². The Labute approximate surface area is 85.4 Å². The third-order valence-electron chi connectivity index (χ3n) is 2.29. The van der Waals surface area contributed by atoms with Crippen LogP contribution < -0.4 is 5.32 Å². The fraction of sp³-hybridized carbons (Fsp3) is 0.889. The van der Waals surface area contributed by atoms with Gasteiger partial charge in [-0.15, -0.1) is 0 Å². The smallest absolute Gasteiger partial charge is 0.169 e. The number of hydrogen-bond donors (Lipinski definition) is 1. The van der Waals surface area contributed by atoms with Gasteiger partial charge in [-0.25, -0.2) is 0 Å². The van der Waals surface area contributed by atoms with E-state index in [1.807, 2.05) is 0 Å². The quantitative estimate of drug-likeness (QED) is 0.690. The summed E-state index contributed by atoms with van der Waals surface area (Å²) in [4.78, 5) is 2.18. The van der Waals surface area contributed by atoms with Crippen molar-refractivity contribution in [1.82, 2.24) is 10.2 Å². The van der Waals surface area contributed by atoms with E-state index in [1.54, 1.807) is 7.11 Å². The standard InChI is InChI=1S/C9H18N2OS/c1-3-5-10-9(13)11-6-4-8(7-11)12-2/h8H,3-7H2,1-2H3,(H,10,13). The van der Waals surface area contributed by atoms with Gasteiger partial charge in [0.1, 0.15) is 0 Å². The number of methoxy groups -OCH3 is 1. The summed E-state index contributed by atoms with van der Waals surface area (Å²) in [5, 5.41) is 4.10. The first-order valence-corrected chi connectivity index (χ1v) is 5.24. The number of likely N-dealkylation sites (tertiary alicyclic amines) is 1. The fourth-order valence-corrected chi connectivity index (χ4v) is 1.72. The molecule has 1 fully saturated rings. The lowest BCUT2D eigenvalue weighted by atomic mass is 10.3. The van der Waals surface area contributed by atoms with Crippen LogP contribution in [0.5, 0.6) is 0 Å². The highest BCUT2D eigenvalue weighted by molar-refractivity contribution is 7.80. The highest BCUT2D eigenvalue weighted by atomic mass is 32.1. The van der Waals surface area contributed by atoms with Gasteiger partial charge in [0.15, 0.2) is 5.11 Å². The number of thiocarbonyl (C=S) groups is 1. The second kappa shape index (κ2) is 5.40. The summed E-state index contributed by atoms with van der Waals surface area (Å²) in [7, 11) is 1.76. The molecular weight excluding hydrogens is 184 g/mol. The minimum Gasteiger partial charge on any atom is -0.380 e. The zero-order valence-corrected chi connectivity index (χ0v) is 9.19. The zero-order chi connectivity index (χ0) is 9.68. The molecule has 1 aliphatic rings. The van der Waals surface area contributed by atoms with Gasteiger partial charge in [-0.2, -0.15) is 0 Å². The van der Waals surface area contributed by atoms with E-state index in [0.717, 1.165) is 37.6 Å². The summed E-state index contributed by atoms with van der Waals surface area (Å²) in [5.74, 6) is 0. The SMILES string of the molecule is CCCNC(=S)N1CCC(OC)C1. The van der Waals surface area contributed by atoms with Crippen LogP contribution in [0.25, 0.3) is 0 Å². The van der Waals surface area contributed by atoms with Crippen LogP contribution in [0, 0.1) is 0 Å². The van der Waals surface area contributed by atoms with E-state index in [0.29, 0.717) is 6.10 Å². The fourth-order valence-electron chi connectivity index (χ4n) is 1.45. The average Bonchev–Trinajstić information content (AvgIpc) is 2.62. The first-order valence-electron chi connectivity index (χ1n) is 4.83. The van der Waals surface area contributed by atoms with E-state index >= 15 is 0 Å². The Hall–Kier alpha value is -0.350. The molecule has 0 amide bonds. The van der Waals surface area contributed by atoms with Crippen molar-refractivity contribution in [2.24, 2.45) is 0 Å². The maximum atomic E-state index is 5.27. The van der Waals surface area contributed by atoms with Crippen molar-refractivity contribution < 1.29 is 4.74 Å². The molecule has 3 nitrogen and oxygen atoms in total. The van der Waals surface area contributed by atoms with Gasteiger partial charge in [0.2, 0.25) is 0 Å². The molecule has 0 saturated carbocycles. The van der Waals surface area contributed by atoms with Crippen LogP contribution in [-0.4, -0.2) is 42.9 Å². The molecule has 0 bridgehead atoms. The van der Waals surface area contributed by atoms with Crippen LogP contribution in [0.4, 0.5) is 0 Å². The summed E-state index contributed by atoms with van der Waals surface area (Å²) >= 11 is 5.24. The summed E-state index contributed by atoms with van der Waals surface area (Å²) in [6.45, 7) is 5.06. The van der Waals surface area contributed by atoms with E-state index in [-0.39, 0.29) is 0 Å². The van der Waals surface area contributed by atoms with Crippen molar-refractivity contribution >= 4 is 17.3 Å². The number of nitrogens with one attached hydrogen (secondary N) is 1. The van der Waals surface area contributed by atoms with Crippen molar-refractivity contribution in [3.63, 3.8) is 0 Å². The lowest BCUT2D eigenvalue weighted by Crippen LogP contribution is -2.39. The molecule has 0 aromatic carbocycles. The van der Waals surface area contributed by atoms with Crippen molar-refractivity contribution in [2.45, 2.75) is 25.9 Å². The van der Waals surface area contributed by atoms with Crippen LogP contribution in [-0.2, 0) is 4.74 Å². The van der Waals surface area contributed by atoms with Gasteiger partial charge in [-0.3, -0.25) is 0 Å². The lowest BCUT2D eigenvalue weighted by molar-refractivity contribution is 0.114. The van der Waals surface area contributed by atoms with Gasteiger partial charge in [-0.1, -0.05) is 6.92 Å². The summed E-state index contributed by atoms with van der Waals surface area (Å²) < 4.78 is 5.27. The second-order valence-corrected chi connectivity index (χ2v) is 3.71. The first-order chi connectivity index (χ1) is 6.27. The molecule has 13 heavy (non-hydrogen) atoms. The molecule has 4 heteroatoms. The van der Waals surface area contributed by atoms with Gasteiger partial charge in [0, 0.05) is 26.7 Å². The molecule has 1 rings (SSSR count). The molecule has 1 aliphatic heterocycles. The molecule has 1 atom stereocenters. The van der Waals surface area contributed by atoms with Crippen molar-refractivity contribution in [3.8, 4) is 0 Å². The Bertz CT molecular complexity index is 175. The van der Waals surface area contributed by atoms with Gasteiger partial charge in [0.05, 0.1) is 6.10 Å².